The molecule has 18 heavy (non-hydrogen) atoms. The van der Waals surface area contributed by atoms with E-state index in [1.807, 2.05) is 0 Å². The number of thiophene rings is 1. The predicted octanol–water partition coefficient (Wildman–Crippen LogP) is 4.12. The Hall–Kier alpha value is -0.150. The minimum Gasteiger partial charge on any atom is -0.263 e. The van der Waals surface area contributed by atoms with Crippen LogP contribution in [-0.2, 0) is 10.0 Å². The molecular formula is C9H5Br2ClN2O2S2. The Bertz CT molecular complexity index is 668. The average Bonchev–Trinajstić information content (AvgIpc) is 2.59. The molecule has 4 nitrogen and oxygen atoms in total. The second-order valence-electron chi connectivity index (χ2n) is 3.15. The first-order valence-electron chi connectivity index (χ1n) is 4.48. The zero-order valence-electron chi connectivity index (χ0n) is 8.52. The summed E-state index contributed by atoms with van der Waals surface area (Å²) in [7, 11) is -3.66. The second-order valence-corrected chi connectivity index (χ2v) is 8.75. The SMILES string of the molecule is O=S(=O)(Nc1cc(Br)ccn1)c1cc(Cl)c(Br)s1. The average molecular weight is 433 g/mol. The van der Waals surface area contributed by atoms with Gasteiger partial charge in [0.15, 0.2) is 0 Å². The van der Waals surface area contributed by atoms with Crippen LogP contribution in [0.4, 0.5) is 5.82 Å². The number of nitrogens with one attached hydrogen (secondary N) is 1. The molecule has 0 saturated heterocycles. The molecule has 2 aromatic rings. The third-order valence-electron chi connectivity index (χ3n) is 1.85. The Morgan fingerprint density at radius 3 is 2.61 bits per heavy atom. The van der Waals surface area contributed by atoms with Gasteiger partial charge in [0.25, 0.3) is 10.0 Å². The van der Waals surface area contributed by atoms with E-state index in [9.17, 15) is 8.42 Å². The number of nitrogens with zero attached hydrogens (tertiary/aromatic N) is 1. The molecule has 96 valence electrons. The third-order valence-corrected chi connectivity index (χ3v) is 6.64. The van der Waals surface area contributed by atoms with Gasteiger partial charge >= 0.3 is 0 Å². The monoisotopic (exact) mass is 430 g/mol. The van der Waals surface area contributed by atoms with Gasteiger partial charge in [-0.1, -0.05) is 27.5 Å². The molecule has 0 aliphatic rings. The fourth-order valence-electron chi connectivity index (χ4n) is 1.11. The highest BCUT2D eigenvalue weighted by molar-refractivity contribution is 9.11. The van der Waals surface area contributed by atoms with E-state index < -0.39 is 10.0 Å². The number of sulfonamides is 1. The lowest BCUT2D eigenvalue weighted by Crippen LogP contribution is -2.12. The van der Waals surface area contributed by atoms with Gasteiger partial charge in [-0.25, -0.2) is 13.4 Å². The lowest BCUT2D eigenvalue weighted by atomic mass is 10.5. The minimum atomic E-state index is -3.66. The van der Waals surface area contributed by atoms with Crippen LogP contribution in [0.5, 0.6) is 0 Å². The van der Waals surface area contributed by atoms with Gasteiger partial charge < -0.3 is 0 Å². The van der Waals surface area contributed by atoms with E-state index in [1.54, 1.807) is 12.1 Å². The van der Waals surface area contributed by atoms with Crippen molar-refractivity contribution in [2.24, 2.45) is 0 Å². The fraction of sp³-hybridized carbons (Fsp3) is 0. The van der Waals surface area contributed by atoms with Crippen molar-refractivity contribution in [3.63, 3.8) is 0 Å². The molecule has 0 spiro atoms. The van der Waals surface area contributed by atoms with Crippen molar-refractivity contribution in [3.05, 3.63) is 37.7 Å². The molecule has 0 radical (unpaired) electrons. The van der Waals surface area contributed by atoms with Crippen LogP contribution in [0.25, 0.3) is 0 Å². The van der Waals surface area contributed by atoms with E-state index in [2.05, 4.69) is 41.6 Å². The number of rotatable bonds is 3. The summed E-state index contributed by atoms with van der Waals surface area (Å²) < 4.78 is 27.9. The fourth-order valence-corrected chi connectivity index (χ4v) is 4.84. The summed E-state index contributed by atoms with van der Waals surface area (Å²) in [5.41, 5.74) is 0. The highest BCUT2D eigenvalue weighted by Gasteiger charge is 2.19. The number of anilines is 1. The van der Waals surface area contributed by atoms with E-state index in [4.69, 9.17) is 11.6 Å². The summed E-state index contributed by atoms with van der Waals surface area (Å²) in [5.74, 6) is 0.241. The van der Waals surface area contributed by atoms with Crippen molar-refractivity contribution in [2.75, 3.05) is 4.72 Å². The predicted molar refractivity (Wildman–Crippen MR) is 79.8 cm³/mol. The first-order valence-corrected chi connectivity index (χ1v) is 8.74. The van der Waals surface area contributed by atoms with Crippen LogP contribution in [0, 0.1) is 0 Å². The van der Waals surface area contributed by atoms with Gasteiger partial charge in [0.1, 0.15) is 10.0 Å². The normalized spacial score (nSPS) is 11.5. The highest BCUT2D eigenvalue weighted by Crippen LogP contribution is 2.35. The maximum absolute atomic E-state index is 12.0. The number of pyridine rings is 1. The minimum absolute atomic E-state index is 0.126. The van der Waals surface area contributed by atoms with Crippen molar-refractivity contribution in [2.45, 2.75) is 4.21 Å². The molecule has 1 N–H and O–H groups in total. The molecule has 0 aromatic carbocycles. The van der Waals surface area contributed by atoms with E-state index in [0.717, 1.165) is 15.8 Å². The lowest BCUT2D eigenvalue weighted by molar-refractivity contribution is 0.603. The van der Waals surface area contributed by atoms with Gasteiger partial charge in [-0.2, -0.15) is 0 Å². The molecular weight excluding hydrogens is 428 g/mol. The van der Waals surface area contributed by atoms with Gasteiger partial charge in [0.05, 0.1) is 8.81 Å². The van der Waals surface area contributed by atoms with E-state index in [0.29, 0.717) is 8.81 Å². The molecule has 2 aromatic heterocycles. The lowest BCUT2D eigenvalue weighted by Gasteiger charge is -2.04. The zero-order valence-corrected chi connectivity index (χ0v) is 14.1. The number of aromatic nitrogens is 1. The van der Waals surface area contributed by atoms with Crippen LogP contribution in [0.3, 0.4) is 0 Å². The van der Waals surface area contributed by atoms with Crippen LogP contribution in [-0.4, -0.2) is 13.4 Å². The van der Waals surface area contributed by atoms with Crippen LogP contribution in [0.2, 0.25) is 5.02 Å². The molecule has 0 bridgehead atoms. The molecule has 0 unspecified atom stereocenters. The maximum atomic E-state index is 12.0. The van der Waals surface area contributed by atoms with Crippen LogP contribution < -0.4 is 4.72 Å². The summed E-state index contributed by atoms with van der Waals surface area (Å²) in [6, 6.07) is 4.66. The van der Waals surface area contributed by atoms with Crippen LogP contribution in [0.1, 0.15) is 0 Å². The molecule has 0 fully saturated rings. The van der Waals surface area contributed by atoms with E-state index in [1.165, 1.54) is 12.3 Å². The summed E-state index contributed by atoms with van der Waals surface area (Å²) >= 11 is 13.3. The Balaban J connectivity index is 2.33. The van der Waals surface area contributed by atoms with E-state index in [-0.39, 0.29) is 10.0 Å². The highest BCUT2D eigenvalue weighted by atomic mass is 79.9. The topological polar surface area (TPSA) is 59.1 Å². The van der Waals surface area contributed by atoms with Gasteiger partial charge in [-0.05, 0) is 34.1 Å². The van der Waals surface area contributed by atoms with Crippen molar-refractivity contribution in [3.8, 4) is 0 Å². The maximum Gasteiger partial charge on any atom is 0.272 e. The molecule has 2 heterocycles. The second kappa shape index (κ2) is 5.46. The molecule has 0 aliphatic carbocycles. The van der Waals surface area contributed by atoms with Crippen molar-refractivity contribution in [1.82, 2.24) is 4.98 Å². The quantitative estimate of drug-likeness (QED) is 0.794. The van der Waals surface area contributed by atoms with Crippen LogP contribution in [0.15, 0.2) is 36.9 Å². The van der Waals surface area contributed by atoms with Gasteiger partial charge in [-0.15, -0.1) is 11.3 Å². The Morgan fingerprint density at radius 2 is 2.06 bits per heavy atom. The molecule has 0 aliphatic heterocycles. The largest absolute Gasteiger partial charge is 0.272 e. The van der Waals surface area contributed by atoms with Gasteiger partial charge in [0, 0.05) is 10.7 Å². The number of halogens is 3. The number of hydrogen-bond acceptors (Lipinski definition) is 4. The van der Waals surface area contributed by atoms with Crippen molar-refractivity contribution in [1.29, 1.82) is 0 Å². The zero-order chi connectivity index (χ0) is 13.3. The summed E-state index contributed by atoms with van der Waals surface area (Å²) in [6.45, 7) is 0. The first kappa shape index (κ1) is 14.3. The summed E-state index contributed by atoms with van der Waals surface area (Å²) in [5, 5.41) is 0.363. The molecule has 0 saturated carbocycles. The molecule has 2 rings (SSSR count). The van der Waals surface area contributed by atoms with Crippen molar-refractivity contribution < 1.29 is 8.42 Å². The number of hydrogen-bond donors (Lipinski definition) is 1. The standard InChI is InChI=1S/C9H5Br2ClN2O2S2/c10-5-1-2-13-7(3-5)14-18(15,16)8-4-6(12)9(11)17-8/h1-4H,(H,13,14). The Morgan fingerprint density at radius 1 is 1.33 bits per heavy atom. The summed E-state index contributed by atoms with van der Waals surface area (Å²) in [4.78, 5) is 3.92. The molecule has 9 heteroatoms. The Labute approximate surface area is 130 Å². The van der Waals surface area contributed by atoms with Crippen LogP contribution >= 0.6 is 54.8 Å². The molecule has 0 amide bonds. The van der Waals surface area contributed by atoms with Gasteiger partial charge in [0.2, 0.25) is 0 Å². The van der Waals surface area contributed by atoms with Gasteiger partial charge in [-0.3, -0.25) is 4.72 Å². The smallest absolute Gasteiger partial charge is 0.263 e. The first-order chi connectivity index (χ1) is 8.38. The van der Waals surface area contributed by atoms with E-state index >= 15 is 0 Å². The molecule has 0 atom stereocenters. The summed E-state index contributed by atoms with van der Waals surface area (Å²) in [6.07, 6.45) is 1.50. The third kappa shape index (κ3) is 3.24. The van der Waals surface area contributed by atoms with Crippen molar-refractivity contribution >= 4 is 70.6 Å². The Kier molecular flexibility index (Phi) is 4.32.